The maximum Gasteiger partial charge on any atom is 0.269 e. The molecule has 0 atom stereocenters. The summed E-state index contributed by atoms with van der Waals surface area (Å²) in [6.07, 6.45) is 1.81. The van der Waals surface area contributed by atoms with E-state index in [-0.39, 0.29) is 40.0 Å². The molecule has 0 spiro atoms. The number of carbonyl (C=O) groups excluding carboxylic acids is 5. The number of nitrogens with zero attached hydrogens (tertiary/aromatic N) is 19. The molecular formula is C105H93N25O6S2. The van der Waals surface area contributed by atoms with E-state index in [1.165, 1.54) is 11.8 Å². The fourth-order valence-electron chi connectivity index (χ4n) is 15.2. The molecule has 20 rings (SSSR count). The van der Waals surface area contributed by atoms with Gasteiger partial charge in [0.25, 0.3) is 29.5 Å². The normalized spacial score (nSPS) is 11.0. The predicted octanol–water partition coefficient (Wildman–Crippen LogP) is 18.3. The van der Waals surface area contributed by atoms with Gasteiger partial charge in [-0.15, -0.1) is 6.58 Å². The number of aromatic amines is 1. The van der Waals surface area contributed by atoms with Crippen molar-refractivity contribution in [3.05, 3.63) is 356 Å². The third-order valence-electron chi connectivity index (χ3n) is 22.4. The molecule has 0 fully saturated rings. The average molecular weight is 1870 g/mol. The highest BCUT2D eigenvalue weighted by Gasteiger charge is 2.28. The number of hydrogen-bond donors (Lipinski definition) is 7. The minimum atomic E-state index is -0.698. The van der Waals surface area contributed by atoms with Crippen LogP contribution in [0.4, 0.5) is 0 Å². The number of aromatic nitrogens is 20. The Balaban J connectivity index is 0.000000125. The number of hydrogen-bond acceptors (Lipinski definition) is 22. The first kappa shape index (κ1) is 93.6. The molecule has 12 N–H and O–H groups in total. The van der Waals surface area contributed by atoms with Crippen LogP contribution in [-0.2, 0) is 0 Å². The van der Waals surface area contributed by atoms with E-state index in [1.807, 2.05) is 325 Å². The van der Waals surface area contributed by atoms with Crippen LogP contribution in [0.1, 0.15) is 120 Å². The van der Waals surface area contributed by atoms with Gasteiger partial charge in [0.1, 0.15) is 50.8 Å². The van der Waals surface area contributed by atoms with E-state index in [9.17, 15) is 29.1 Å². The fourth-order valence-corrected chi connectivity index (χ4v) is 16.2. The van der Waals surface area contributed by atoms with Gasteiger partial charge in [0.05, 0.1) is 0 Å². The zero-order chi connectivity index (χ0) is 97.8. The third-order valence-corrected chi connectivity index (χ3v) is 23.6. The molecular weight excluding hydrogens is 1770 g/mol. The molecule has 0 aliphatic rings. The molecule has 20 aromatic rings. The number of aromatic hydroxyl groups is 1. The van der Waals surface area contributed by atoms with Gasteiger partial charge in [-0.3, -0.25) is 46.8 Å². The zero-order valence-corrected chi connectivity index (χ0v) is 78.9. The van der Waals surface area contributed by atoms with E-state index < -0.39 is 29.5 Å². The van der Waals surface area contributed by atoms with Crippen LogP contribution in [-0.4, -0.2) is 138 Å². The number of para-hydroxylation sites is 1. The third kappa shape index (κ3) is 19.8. The van der Waals surface area contributed by atoms with Crippen molar-refractivity contribution >= 4 is 109 Å². The van der Waals surface area contributed by atoms with Crippen LogP contribution in [0.2, 0.25) is 0 Å². The highest BCUT2D eigenvalue weighted by atomic mass is 32.2. The zero-order valence-electron chi connectivity index (χ0n) is 77.3. The van der Waals surface area contributed by atoms with Crippen LogP contribution in [0, 0.1) is 87.9 Å². The number of primary amides is 5. The fraction of sp³-hybridized carbons (Fsp3) is 0.124. The lowest BCUT2D eigenvalue weighted by molar-refractivity contribution is 0.0988. The molecule has 0 saturated heterocycles. The number of nitrogens with one attached hydrogen (secondary N) is 1. The maximum absolute atomic E-state index is 12.2. The van der Waals surface area contributed by atoms with E-state index in [0.29, 0.717) is 118 Å². The monoisotopic (exact) mass is 1860 g/mol. The number of carbonyl (C=O) groups is 5. The summed E-state index contributed by atoms with van der Waals surface area (Å²) in [5.74, 6) is 1.78. The van der Waals surface area contributed by atoms with Crippen molar-refractivity contribution in [1.82, 2.24) is 97.6 Å². The summed E-state index contributed by atoms with van der Waals surface area (Å²) in [5, 5.41) is 10.7. The number of benzene rings is 10. The van der Waals surface area contributed by atoms with Crippen molar-refractivity contribution in [2.45, 2.75) is 88.2 Å². The van der Waals surface area contributed by atoms with Gasteiger partial charge in [0.15, 0.2) is 95.8 Å². The van der Waals surface area contributed by atoms with E-state index >= 15 is 0 Å². The summed E-state index contributed by atoms with van der Waals surface area (Å²) in [4.78, 5) is 127. The highest BCUT2D eigenvalue weighted by Crippen LogP contribution is 2.36. The van der Waals surface area contributed by atoms with E-state index in [2.05, 4.69) is 61.4 Å². The second kappa shape index (κ2) is 39.7. The van der Waals surface area contributed by atoms with Gasteiger partial charge in [-0.1, -0.05) is 238 Å². The Morgan fingerprint density at radius 3 is 0.884 bits per heavy atom. The van der Waals surface area contributed by atoms with Gasteiger partial charge in [0, 0.05) is 62.0 Å². The number of phenolic OH excluding ortho intramolecular Hbond substituents is 1. The summed E-state index contributed by atoms with van der Waals surface area (Å²) in [6.45, 7) is 27.4. The van der Waals surface area contributed by atoms with Crippen molar-refractivity contribution in [2.24, 2.45) is 28.7 Å². The molecule has 10 heterocycles. The van der Waals surface area contributed by atoms with Gasteiger partial charge in [0.2, 0.25) is 0 Å². The Bertz CT molecular complexity index is 7750. The van der Waals surface area contributed by atoms with Crippen molar-refractivity contribution in [2.75, 3.05) is 5.75 Å². The van der Waals surface area contributed by atoms with Gasteiger partial charge < -0.3 is 38.8 Å². The van der Waals surface area contributed by atoms with Crippen LogP contribution in [0.3, 0.4) is 0 Å². The highest BCUT2D eigenvalue weighted by molar-refractivity contribution is 7.99. The molecule has 0 saturated carbocycles. The molecule has 10 aromatic carbocycles. The molecule has 0 bridgehead atoms. The lowest BCUT2D eigenvalue weighted by Crippen LogP contribution is -2.15. The minimum Gasteiger partial charge on any atom is -0.508 e. The molecule has 0 aliphatic carbocycles. The second-order valence-electron chi connectivity index (χ2n) is 32.9. The van der Waals surface area contributed by atoms with E-state index in [4.69, 9.17) is 60.8 Å². The summed E-state index contributed by atoms with van der Waals surface area (Å²) in [6, 6.07) is 78.0. The first-order chi connectivity index (χ1) is 66.2. The van der Waals surface area contributed by atoms with Gasteiger partial charge in [-0.25, -0.2) is 69.8 Å². The van der Waals surface area contributed by atoms with E-state index in [1.54, 1.807) is 29.7 Å². The Morgan fingerprint density at radius 1 is 0.319 bits per heavy atom. The topological polar surface area (TPSA) is 457 Å². The van der Waals surface area contributed by atoms with Crippen LogP contribution < -0.4 is 28.7 Å². The molecule has 0 unspecified atom stereocenters. The number of H-pyrrole nitrogens is 1. The Labute approximate surface area is 800 Å². The van der Waals surface area contributed by atoms with E-state index in [0.717, 1.165) is 101 Å². The van der Waals surface area contributed by atoms with Gasteiger partial charge in [-0.2, -0.15) is 0 Å². The quantitative estimate of drug-likeness (QED) is 0.0238. The first-order valence-electron chi connectivity index (χ1n) is 43.5. The van der Waals surface area contributed by atoms with Crippen LogP contribution in [0.5, 0.6) is 5.75 Å². The molecule has 31 nitrogen and oxygen atoms in total. The minimum absolute atomic E-state index is 0.0378. The number of phenols is 1. The molecule has 33 heteroatoms. The number of rotatable bonds is 18. The maximum atomic E-state index is 12.2. The SMILES string of the molecule is C=CCSc1nc2c(C(N)=O)nc(-c3ccc(C)cc3)nc2n1-c1ccc(C)cc1.Cc1ccc(-c2nc(C(N)=O)c3[nH]c(=S)n(-c4ccccc4)c3n2)cc1O.Cc1ccc(-c2nc(C(N)=O)c3nc(C)n(-c4ccc(C)cc4)c3n2)cc1.Cc1ccc(-c2nc(C(N)=O)c3nc(C)n(-c4ccc(C)cc4)c3n2)cc1.Cc1ccc(-c2nc(C(N)=O)c3nc(C)n(-c4ccc(C)cc4)c3n2)cc1. The number of fused-ring (bicyclic) bond motifs is 5. The summed E-state index contributed by atoms with van der Waals surface area (Å²) >= 11 is 6.94. The van der Waals surface area contributed by atoms with Gasteiger partial charge >= 0.3 is 0 Å². The largest absolute Gasteiger partial charge is 0.508 e. The lowest BCUT2D eigenvalue weighted by Gasteiger charge is -2.09. The number of nitrogens with two attached hydrogens (primary N) is 5. The Kier molecular flexibility index (Phi) is 26.9. The Morgan fingerprint density at radius 2 is 0.580 bits per heavy atom. The number of thioether (sulfide) groups is 1. The van der Waals surface area contributed by atoms with Crippen molar-refractivity contribution in [3.63, 3.8) is 0 Å². The van der Waals surface area contributed by atoms with Crippen LogP contribution in [0.15, 0.2) is 260 Å². The summed E-state index contributed by atoms with van der Waals surface area (Å²) in [5.41, 5.74) is 51.4. The standard InChI is InChI=1S/C23H21N5OS.3C21H19N5O.C19H15N5O2S/c1-4-13-30-23-26-19-18(20(24)29)25-21(16-9-5-14(2)6-10-16)27-22(19)28(23)17-11-7-15(3)8-12-17;3*1-12-4-8-15(9-5-12)20-24-17(19(22)27)18-21(25-20)26(14(3)23-18)16-10-6-13(2)7-11-16;1-10-7-8-11(9-13(10)25)17-21-14(16(20)26)15-18(23-17)24(19(27)22-15)12-5-3-2-4-6-12/h4-12H,1,13H2,2-3H3,(H2,24,29);3*4-11H,1-3H3,(H2,22,27);2-9,25H,1H3,(H2,20,26)(H,22,27). The Hall–Kier alpha value is -17.6. The predicted molar refractivity (Wildman–Crippen MR) is 540 cm³/mol. The molecule has 10 aromatic heterocycles. The average Bonchev–Trinajstić information content (AvgIpc) is 1.62. The summed E-state index contributed by atoms with van der Waals surface area (Å²) < 4.78 is 9.78. The number of imidazole rings is 5. The smallest absolute Gasteiger partial charge is 0.269 e. The first-order valence-corrected chi connectivity index (χ1v) is 44.9. The van der Waals surface area contributed by atoms with Crippen molar-refractivity contribution < 1.29 is 29.1 Å². The van der Waals surface area contributed by atoms with Gasteiger partial charge in [-0.05, 0) is 168 Å². The summed E-state index contributed by atoms with van der Waals surface area (Å²) in [7, 11) is 0. The second-order valence-corrected chi connectivity index (χ2v) is 34.3. The lowest BCUT2D eigenvalue weighted by atomic mass is 10.1. The van der Waals surface area contributed by atoms with Crippen molar-refractivity contribution in [3.8, 4) is 91.1 Å². The molecule has 686 valence electrons. The number of aryl methyl sites for hydroxylation is 12. The molecule has 0 aliphatic heterocycles. The van der Waals surface area contributed by atoms with Crippen molar-refractivity contribution in [1.29, 1.82) is 0 Å². The molecule has 138 heavy (non-hydrogen) atoms. The number of amides is 5. The molecule has 0 radical (unpaired) electrons. The van der Waals surface area contributed by atoms with Crippen LogP contribution >= 0.6 is 24.0 Å². The molecule has 5 amide bonds. The van der Waals surface area contributed by atoms with Crippen LogP contribution in [0.25, 0.3) is 141 Å².